The Morgan fingerprint density at radius 3 is 2.54 bits per heavy atom. The lowest BCUT2D eigenvalue weighted by Gasteiger charge is -2.14. The van der Waals surface area contributed by atoms with E-state index in [1.165, 1.54) is 13.0 Å². The number of hydrogen-bond acceptors (Lipinski definition) is 1. The summed E-state index contributed by atoms with van der Waals surface area (Å²) >= 11 is 0. The first-order chi connectivity index (χ1) is 6.02. The van der Waals surface area contributed by atoms with Gasteiger partial charge in [0.1, 0.15) is 5.83 Å². The van der Waals surface area contributed by atoms with E-state index in [1.807, 2.05) is 13.8 Å². The highest BCUT2D eigenvalue weighted by molar-refractivity contribution is 5.94. The van der Waals surface area contributed by atoms with Crippen LogP contribution in [0.25, 0.3) is 0 Å². The van der Waals surface area contributed by atoms with Crippen LogP contribution in [0.4, 0.5) is 4.39 Å². The first-order valence-electron chi connectivity index (χ1n) is 4.60. The number of allylic oxidation sites excluding steroid dienone is 4. The molecule has 0 saturated heterocycles. The molecule has 0 saturated carbocycles. The highest BCUT2D eigenvalue weighted by atomic mass is 19.1. The van der Waals surface area contributed by atoms with Gasteiger partial charge in [0.2, 0.25) is 0 Å². The van der Waals surface area contributed by atoms with Gasteiger partial charge in [-0.05, 0) is 30.9 Å². The molecule has 2 atom stereocenters. The van der Waals surface area contributed by atoms with Crippen molar-refractivity contribution in [3.05, 3.63) is 23.6 Å². The maximum atomic E-state index is 13.2. The van der Waals surface area contributed by atoms with E-state index in [1.54, 1.807) is 6.08 Å². The van der Waals surface area contributed by atoms with Crippen LogP contribution in [-0.2, 0) is 4.79 Å². The molecular formula is C11H15FO. The predicted molar refractivity (Wildman–Crippen MR) is 50.9 cm³/mol. The van der Waals surface area contributed by atoms with Crippen LogP contribution < -0.4 is 0 Å². The average molecular weight is 182 g/mol. The Morgan fingerprint density at radius 1 is 1.38 bits per heavy atom. The molecule has 0 bridgehead atoms. The van der Waals surface area contributed by atoms with E-state index in [9.17, 15) is 9.18 Å². The van der Waals surface area contributed by atoms with Gasteiger partial charge in [-0.2, -0.15) is 0 Å². The first kappa shape index (κ1) is 10.2. The van der Waals surface area contributed by atoms with Gasteiger partial charge >= 0.3 is 0 Å². The number of hydrogen-bond donors (Lipinski definition) is 0. The number of Topliss-reactive ketones (excluding diaryl/α,β-unsaturated/α-hetero) is 1. The van der Waals surface area contributed by atoms with E-state index >= 15 is 0 Å². The van der Waals surface area contributed by atoms with Gasteiger partial charge in [0, 0.05) is 5.92 Å². The van der Waals surface area contributed by atoms with Crippen molar-refractivity contribution in [3.63, 3.8) is 0 Å². The van der Waals surface area contributed by atoms with Gasteiger partial charge in [-0.15, -0.1) is 0 Å². The molecule has 0 aliphatic heterocycles. The Kier molecular flexibility index (Phi) is 3.02. The zero-order valence-electron chi connectivity index (χ0n) is 8.30. The molecule has 13 heavy (non-hydrogen) atoms. The molecule has 0 fully saturated rings. The van der Waals surface area contributed by atoms with Gasteiger partial charge in [0.15, 0.2) is 5.78 Å². The Hall–Kier alpha value is -0.920. The highest BCUT2D eigenvalue weighted by Crippen LogP contribution is 2.29. The minimum atomic E-state index is -0.122. The molecule has 1 aliphatic carbocycles. The first-order valence-corrected chi connectivity index (χ1v) is 4.60. The number of halogens is 1. The molecule has 1 aliphatic rings. The summed E-state index contributed by atoms with van der Waals surface area (Å²) in [6, 6.07) is 0. The summed E-state index contributed by atoms with van der Waals surface area (Å²) in [4.78, 5) is 11.2. The molecule has 0 N–H and O–H groups in total. The smallest absolute Gasteiger partial charge is 0.156 e. The maximum absolute atomic E-state index is 13.2. The SMILES string of the molecule is CC(=O)C1=CC=C(F)C(C)CC1C. The molecule has 0 aromatic heterocycles. The van der Waals surface area contributed by atoms with E-state index in [4.69, 9.17) is 0 Å². The van der Waals surface area contributed by atoms with Crippen molar-refractivity contribution in [2.24, 2.45) is 11.8 Å². The second kappa shape index (κ2) is 3.86. The normalized spacial score (nSPS) is 28.9. The predicted octanol–water partition coefficient (Wildman–Crippen LogP) is 3.03. The van der Waals surface area contributed by atoms with Crippen molar-refractivity contribution in [1.82, 2.24) is 0 Å². The molecule has 0 radical (unpaired) electrons. The summed E-state index contributed by atoms with van der Waals surface area (Å²) in [6.07, 6.45) is 3.75. The summed E-state index contributed by atoms with van der Waals surface area (Å²) in [6.45, 7) is 5.35. The topological polar surface area (TPSA) is 17.1 Å². The van der Waals surface area contributed by atoms with E-state index in [0.717, 1.165) is 5.57 Å². The molecule has 0 aromatic rings. The number of ketones is 1. The molecule has 72 valence electrons. The van der Waals surface area contributed by atoms with E-state index < -0.39 is 0 Å². The van der Waals surface area contributed by atoms with E-state index in [-0.39, 0.29) is 23.4 Å². The fraction of sp³-hybridized carbons (Fsp3) is 0.545. The van der Waals surface area contributed by atoms with Crippen molar-refractivity contribution >= 4 is 5.78 Å². The summed E-state index contributed by atoms with van der Waals surface area (Å²) < 4.78 is 13.2. The minimum Gasteiger partial charge on any atom is -0.295 e. The van der Waals surface area contributed by atoms with Crippen LogP contribution in [0.3, 0.4) is 0 Å². The Labute approximate surface area is 78.3 Å². The van der Waals surface area contributed by atoms with Gasteiger partial charge in [-0.1, -0.05) is 19.9 Å². The van der Waals surface area contributed by atoms with Crippen LogP contribution in [-0.4, -0.2) is 5.78 Å². The molecule has 2 unspecified atom stereocenters. The van der Waals surface area contributed by atoms with Gasteiger partial charge < -0.3 is 0 Å². The zero-order chi connectivity index (χ0) is 10.0. The fourth-order valence-corrected chi connectivity index (χ4v) is 1.73. The van der Waals surface area contributed by atoms with Crippen LogP contribution in [0.2, 0.25) is 0 Å². The number of rotatable bonds is 1. The van der Waals surface area contributed by atoms with Crippen molar-refractivity contribution in [2.45, 2.75) is 27.2 Å². The van der Waals surface area contributed by atoms with Crippen LogP contribution in [0.1, 0.15) is 27.2 Å². The van der Waals surface area contributed by atoms with Gasteiger partial charge in [-0.25, -0.2) is 4.39 Å². The monoisotopic (exact) mass is 182 g/mol. The highest BCUT2D eigenvalue weighted by Gasteiger charge is 2.20. The second-order valence-corrected chi connectivity index (χ2v) is 3.77. The van der Waals surface area contributed by atoms with Crippen molar-refractivity contribution < 1.29 is 9.18 Å². The summed E-state index contributed by atoms with van der Waals surface area (Å²) in [5, 5.41) is 0. The van der Waals surface area contributed by atoms with Crippen LogP contribution in [0, 0.1) is 11.8 Å². The second-order valence-electron chi connectivity index (χ2n) is 3.77. The molecule has 0 spiro atoms. The van der Waals surface area contributed by atoms with Crippen molar-refractivity contribution in [2.75, 3.05) is 0 Å². The third kappa shape index (κ3) is 2.27. The van der Waals surface area contributed by atoms with Crippen LogP contribution in [0.5, 0.6) is 0 Å². The zero-order valence-corrected chi connectivity index (χ0v) is 8.30. The number of carbonyl (C=O) groups excluding carboxylic acids is 1. The largest absolute Gasteiger partial charge is 0.295 e. The summed E-state index contributed by atoms with van der Waals surface area (Å²) in [5.74, 6) is 0.0221. The minimum absolute atomic E-state index is 0.0469. The molecule has 1 rings (SSSR count). The lowest BCUT2D eigenvalue weighted by molar-refractivity contribution is -0.114. The fourth-order valence-electron chi connectivity index (χ4n) is 1.73. The van der Waals surface area contributed by atoms with Crippen molar-refractivity contribution in [1.29, 1.82) is 0 Å². The standard InChI is InChI=1S/C11H15FO/c1-7-6-8(2)11(12)5-4-10(7)9(3)13/h4-5,7-8H,6H2,1-3H3. The third-order valence-electron chi connectivity index (χ3n) is 2.54. The average Bonchev–Trinajstić information content (AvgIpc) is 2.13. The van der Waals surface area contributed by atoms with Crippen LogP contribution >= 0.6 is 0 Å². The molecule has 0 amide bonds. The molecule has 0 heterocycles. The molecular weight excluding hydrogens is 167 g/mol. The molecule has 0 aromatic carbocycles. The van der Waals surface area contributed by atoms with Gasteiger partial charge in [0.25, 0.3) is 0 Å². The maximum Gasteiger partial charge on any atom is 0.156 e. The third-order valence-corrected chi connectivity index (χ3v) is 2.54. The van der Waals surface area contributed by atoms with Gasteiger partial charge in [-0.3, -0.25) is 4.79 Å². The lowest BCUT2D eigenvalue weighted by atomic mass is 9.90. The Bertz CT molecular complexity index is 276. The van der Waals surface area contributed by atoms with E-state index in [0.29, 0.717) is 6.42 Å². The summed E-state index contributed by atoms with van der Waals surface area (Å²) in [5.41, 5.74) is 0.736. The van der Waals surface area contributed by atoms with Gasteiger partial charge in [0.05, 0.1) is 0 Å². The van der Waals surface area contributed by atoms with Crippen LogP contribution in [0.15, 0.2) is 23.6 Å². The summed E-state index contributed by atoms with van der Waals surface area (Å²) in [7, 11) is 0. The van der Waals surface area contributed by atoms with Crippen molar-refractivity contribution in [3.8, 4) is 0 Å². The number of carbonyl (C=O) groups is 1. The quantitative estimate of drug-likeness (QED) is 0.609. The molecule has 2 heteroatoms. The lowest BCUT2D eigenvalue weighted by Crippen LogP contribution is -2.09. The Balaban J connectivity index is 2.93. The Morgan fingerprint density at radius 2 is 2.00 bits per heavy atom. The van der Waals surface area contributed by atoms with E-state index in [2.05, 4.69) is 0 Å². The molecule has 1 nitrogen and oxygen atoms in total.